The summed E-state index contributed by atoms with van der Waals surface area (Å²) in [4.78, 5) is 48.1. The lowest BCUT2D eigenvalue weighted by atomic mass is 10.1. The van der Waals surface area contributed by atoms with Crippen LogP contribution in [0.25, 0.3) is 0 Å². The lowest BCUT2D eigenvalue weighted by Gasteiger charge is -2.23. The highest BCUT2D eigenvalue weighted by Gasteiger charge is 2.30. The summed E-state index contributed by atoms with van der Waals surface area (Å²) in [5.41, 5.74) is 0.590. The van der Waals surface area contributed by atoms with Gasteiger partial charge in [0.25, 0.3) is 0 Å². The van der Waals surface area contributed by atoms with Crippen LogP contribution in [0, 0.1) is 0 Å². The van der Waals surface area contributed by atoms with Crippen molar-refractivity contribution in [2.45, 2.75) is 50.4 Å². The van der Waals surface area contributed by atoms with E-state index in [9.17, 15) is 34.5 Å². The van der Waals surface area contributed by atoms with Crippen molar-refractivity contribution in [3.63, 3.8) is 0 Å². The fourth-order valence-electron chi connectivity index (χ4n) is 3.16. The van der Waals surface area contributed by atoms with Gasteiger partial charge in [0, 0.05) is 6.42 Å². The van der Waals surface area contributed by atoms with Crippen LogP contribution in [-0.4, -0.2) is 76.3 Å². The van der Waals surface area contributed by atoms with Crippen molar-refractivity contribution in [1.82, 2.24) is 21.3 Å². The third-order valence-electron chi connectivity index (χ3n) is 4.87. The Morgan fingerprint density at radius 3 is 2.39 bits per heavy atom. The van der Waals surface area contributed by atoms with E-state index in [0.717, 1.165) is 6.42 Å². The molecule has 11 nitrogen and oxygen atoms in total. The van der Waals surface area contributed by atoms with Gasteiger partial charge in [-0.25, -0.2) is 4.79 Å². The molecule has 11 heteroatoms. The fourth-order valence-corrected chi connectivity index (χ4v) is 3.16. The largest absolute Gasteiger partial charge is 0.508 e. The van der Waals surface area contributed by atoms with E-state index in [1.54, 1.807) is 0 Å². The number of carboxylic acid groups (broad SMARTS) is 1. The number of aliphatic hydroxyl groups excluding tert-OH is 1. The van der Waals surface area contributed by atoms with Crippen molar-refractivity contribution in [2.24, 2.45) is 0 Å². The maximum absolute atomic E-state index is 12.4. The molecule has 0 aromatic heterocycles. The number of aromatic hydroxyl groups is 1. The second-order valence-corrected chi connectivity index (χ2v) is 7.42. The van der Waals surface area contributed by atoms with Crippen molar-refractivity contribution in [3.8, 4) is 5.75 Å². The number of phenols is 1. The number of phenolic OH excluding ortho intramolecular Hbond substituents is 1. The van der Waals surface area contributed by atoms with E-state index in [1.807, 2.05) is 0 Å². The molecule has 31 heavy (non-hydrogen) atoms. The maximum atomic E-state index is 12.4. The van der Waals surface area contributed by atoms with E-state index in [0.29, 0.717) is 18.5 Å². The molecule has 1 fully saturated rings. The number of carbonyl (C=O) groups is 4. The smallest absolute Gasteiger partial charge is 0.326 e. The zero-order valence-corrected chi connectivity index (χ0v) is 17.1. The zero-order chi connectivity index (χ0) is 23.0. The molecule has 1 saturated heterocycles. The summed E-state index contributed by atoms with van der Waals surface area (Å²) in [6, 6.07) is 2.95. The Morgan fingerprint density at radius 2 is 1.84 bits per heavy atom. The predicted molar refractivity (Wildman–Crippen MR) is 109 cm³/mol. The molecule has 4 atom stereocenters. The average Bonchev–Trinajstić information content (AvgIpc) is 3.26. The zero-order valence-electron chi connectivity index (χ0n) is 17.1. The summed E-state index contributed by atoms with van der Waals surface area (Å²) in [7, 11) is 0. The Balaban J connectivity index is 1.87. The second kappa shape index (κ2) is 11.3. The number of hydrogen-bond donors (Lipinski definition) is 7. The first-order chi connectivity index (χ1) is 14.7. The molecule has 1 aliphatic rings. The number of aliphatic hydroxyl groups is 1. The van der Waals surface area contributed by atoms with Gasteiger partial charge >= 0.3 is 5.97 Å². The molecule has 0 saturated carbocycles. The van der Waals surface area contributed by atoms with Gasteiger partial charge in [-0.1, -0.05) is 12.1 Å². The SMILES string of the molecule is CC(O)C(NC(=O)C1CCCN1)C(=O)NCC(=O)NC(Cc1ccc(O)cc1)C(=O)O. The van der Waals surface area contributed by atoms with Crippen molar-refractivity contribution >= 4 is 23.7 Å². The molecule has 1 heterocycles. The van der Waals surface area contributed by atoms with Gasteiger partial charge in [0.05, 0.1) is 18.7 Å². The van der Waals surface area contributed by atoms with Crippen LogP contribution < -0.4 is 21.3 Å². The first kappa shape index (κ1) is 24.1. The Hall–Kier alpha value is -3.18. The molecule has 170 valence electrons. The van der Waals surface area contributed by atoms with Crippen LogP contribution in [0.4, 0.5) is 0 Å². The van der Waals surface area contributed by atoms with E-state index in [4.69, 9.17) is 0 Å². The summed E-state index contributed by atoms with van der Waals surface area (Å²) in [6.07, 6.45) is 0.240. The Kier molecular flexibility index (Phi) is 8.76. The Bertz CT molecular complexity index is 791. The minimum Gasteiger partial charge on any atom is -0.508 e. The normalized spacial score (nSPS) is 18.5. The van der Waals surface area contributed by atoms with E-state index in [2.05, 4.69) is 21.3 Å². The number of rotatable bonds is 10. The molecule has 3 amide bonds. The summed E-state index contributed by atoms with van der Waals surface area (Å²) in [5.74, 6) is -3.14. The highest BCUT2D eigenvalue weighted by Crippen LogP contribution is 2.11. The maximum Gasteiger partial charge on any atom is 0.326 e. The van der Waals surface area contributed by atoms with E-state index < -0.39 is 54.5 Å². The number of nitrogens with one attached hydrogen (secondary N) is 4. The molecule has 1 aromatic carbocycles. The van der Waals surface area contributed by atoms with Crippen molar-refractivity contribution in [1.29, 1.82) is 0 Å². The standard InChI is InChI=1S/C20H28N4O7/c1-11(25)17(24-18(28)14-3-2-8-21-14)19(29)22-10-16(27)23-15(20(30)31)9-12-4-6-13(26)7-5-12/h4-7,11,14-15,17,21,25-26H,2-3,8-10H2,1H3,(H,22,29)(H,23,27)(H,24,28)(H,30,31). The Morgan fingerprint density at radius 1 is 1.16 bits per heavy atom. The van der Waals surface area contributed by atoms with Gasteiger partial charge in [-0.3, -0.25) is 14.4 Å². The minimum absolute atomic E-state index is 0.0178. The van der Waals surface area contributed by atoms with Gasteiger partial charge in [0.1, 0.15) is 17.8 Å². The summed E-state index contributed by atoms with van der Waals surface area (Å²) in [6.45, 7) is 1.50. The summed E-state index contributed by atoms with van der Waals surface area (Å²) in [5, 5.41) is 38.6. The van der Waals surface area contributed by atoms with Crippen LogP contribution in [0.5, 0.6) is 5.75 Å². The van der Waals surface area contributed by atoms with Gasteiger partial charge in [-0.2, -0.15) is 0 Å². The average molecular weight is 436 g/mol. The van der Waals surface area contributed by atoms with Crippen LogP contribution in [0.3, 0.4) is 0 Å². The molecule has 0 aliphatic carbocycles. The summed E-state index contributed by atoms with van der Waals surface area (Å²) >= 11 is 0. The number of amides is 3. The van der Waals surface area contributed by atoms with Crippen molar-refractivity contribution in [2.75, 3.05) is 13.1 Å². The molecule has 1 aliphatic heterocycles. The van der Waals surface area contributed by atoms with Crippen LogP contribution >= 0.6 is 0 Å². The quantitative estimate of drug-likeness (QED) is 0.225. The molecule has 7 N–H and O–H groups in total. The molecular weight excluding hydrogens is 408 g/mol. The predicted octanol–water partition coefficient (Wildman–Crippen LogP) is -1.76. The highest BCUT2D eigenvalue weighted by molar-refractivity contribution is 5.93. The molecule has 1 aromatic rings. The van der Waals surface area contributed by atoms with Gasteiger partial charge in [0.2, 0.25) is 17.7 Å². The second-order valence-electron chi connectivity index (χ2n) is 7.42. The minimum atomic E-state index is -1.26. The third kappa shape index (κ3) is 7.54. The van der Waals surface area contributed by atoms with E-state index >= 15 is 0 Å². The number of carbonyl (C=O) groups excluding carboxylic acids is 3. The third-order valence-corrected chi connectivity index (χ3v) is 4.87. The van der Waals surface area contributed by atoms with Crippen molar-refractivity contribution in [3.05, 3.63) is 29.8 Å². The van der Waals surface area contributed by atoms with Gasteiger partial charge in [-0.05, 0) is 44.0 Å². The molecule has 0 bridgehead atoms. The lowest BCUT2D eigenvalue weighted by molar-refractivity contribution is -0.141. The van der Waals surface area contributed by atoms with E-state index in [1.165, 1.54) is 31.2 Å². The molecule has 2 rings (SSSR count). The van der Waals surface area contributed by atoms with Crippen LogP contribution in [0.2, 0.25) is 0 Å². The highest BCUT2D eigenvalue weighted by atomic mass is 16.4. The van der Waals surface area contributed by atoms with Crippen molar-refractivity contribution < 1.29 is 34.5 Å². The van der Waals surface area contributed by atoms with Gasteiger partial charge in [0.15, 0.2) is 0 Å². The molecule has 0 radical (unpaired) electrons. The van der Waals surface area contributed by atoms with Crippen LogP contribution in [-0.2, 0) is 25.6 Å². The number of benzene rings is 1. The van der Waals surface area contributed by atoms with Gasteiger partial charge < -0.3 is 36.6 Å². The molecular formula is C20H28N4O7. The van der Waals surface area contributed by atoms with Crippen LogP contribution in [0.15, 0.2) is 24.3 Å². The first-order valence-electron chi connectivity index (χ1n) is 9.97. The molecule has 0 spiro atoms. The van der Waals surface area contributed by atoms with E-state index in [-0.39, 0.29) is 12.2 Å². The fraction of sp³-hybridized carbons (Fsp3) is 0.500. The lowest BCUT2D eigenvalue weighted by Crippen LogP contribution is -2.57. The topological polar surface area (TPSA) is 177 Å². The van der Waals surface area contributed by atoms with Crippen LogP contribution in [0.1, 0.15) is 25.3 Å². The Labute approximate surface area is 179 Å². The first-order valence-corrected chi connectivity index (χ1v) is 9.97. The monoisotopic (exact) mass is 436 g/mol. The molecule has 4 unspecified atom stereocenters. The number of carboxylic acids is 1. The number of aliphatic carboxylic acids is 1. The van der Waals surface area contributed by atoms with Gasteiger partial charge in [-0.15, -0.1) is 0 Å². The number of hydrogen-bond acceptors (Lipinski definition) is 7. The summed E-state index contributed by atoms with van der Waals surface area (Å²) < 4.78 is 0.